The van der Waals surface area contributed by atoms with Gasteiger partial charge in [-0.05, 0) is 25.1 Å². The van der Waals surface area contributed by atoms with E-state index in [0.29, 0.717) is 5.56 Å². The van der Waals surface area contributed by atoms with Crippen molar-refractivity contribution < 1.29 is 9.53 Å². The Bertz CT molecular complexity index is 520. The van der Waals surface area contributed by atoms with Crippen LogP contribution in [0.25, 0.3) is 10.9 Å². The number of hydrogen-bond acceptors (Lipinski definition) is 3. The molecule has 0 bridgehead atoms. The van der Waals surface area contributed by atoms with Crippen LogP contribution in [0.3, 0.4) is 0 Å². The zero-order valence-electron chi connectivity index (χ0n) is 8.65. The first kappa shape index (κ1) is 9.65. The van der Waals surface area contributed by atoms with E-state index in [1.165, 1.54) is 0 Å². The van der Waals surface area contributed by atoms with E-state index in [1.807, 2.05) is 31.2 Å². The molecule has 0 aliphatic rings. The van der Waals surface area contributed by atoms with Gasteiger partial charge in [-0.2, -0.15) is 0 Å². The van der Waals surface area contributed by atoms with Gasteiger partial charge in [0.05, 0.1) is 12.6 Å². The average molecular weight is 201 g/mol. The Morgan fingerprint density at radius 2 is 2.13 bits per heavy atom. The molecule has 0 atom stereocenters. The van der Waals surface area contributed by atoms with Crippen molar-refractivity contribution in [2.75, 3.05) is 7.11 Å². The molecule has 0 fully saturated rings. The minimum Gasteiger partial charge on any atom is -0.497 e. The second-order valence-corrected chi connectivity index (χ2v) is 3.34. The van der Waals surface area contributed by atoms with Gasteiger partial charge in [0.1, 0.15) is 5.75 Å². The number of methoxy groups -OCH3 is 1. The van der Waals surface area contributed by atoms with E-state index < -0.39 is 0 Å². The fourth-order valence-electron chi connectivity index (χ4n) is 1.51. The fourth-order valence-corrected chi connectivity index (χ4v) is 1.51. The van der Waals surface area contributed by atoms with Crippen molar-refractivity contribution >= 4 is 17.2 Å². The van der Waals surface area contributed by atoms with Gasteiger partial charge in [0.2, 0.25) is 0 Å². The van der Waals surface area contributed by atoms with Crippen LogP contribution in [0.1, 0.15) is 16.1 Å². The highest BCUT2D eigenvalue weighted by Crippen LogP contribution is 2.20. The summed E-state index contributed by atoms with van der Waals surface area (Å²) in [7, 11) is 1.62. The Labute approximate surface area is 87.7 Å². The molecule has 0 aliphatic carbocycles. The molecule has 0 amide bonds. The third kappa shape index (κ3) is 1.68. The predicted molar refractivity (Wildman–Crippen MR) is 58.4 cm³/mol. The Morgan fingerprint density at radius 3 is 2.80 bits per heavy atom. The van der Waals surface area contributed by atoms with Crippen LogP contribution in [0.2, 0.25) is 0 Å². The summed E-state index contributed by atoms with van der Waals surface area (Å²) in [5.41, 5.74) is 2.22. The number of nitrogens with zero attached hydrogens (tertiary/aromatic N) is 1. The summed E-state index contributed by atoms with van der Waals surface area (Å²) in [4.78, 5) is 15.1. The molecule has 2 aromatic rings. The Kier molecular flexibility index (Phi) is 2.37. The lowest BCUT2D eigenvalue weighted by molar-refractivity contribution is 0.112. The van der Waals surface area contributed by atoms with E-state index >= 15 is 0 Å². The third-order valence-corrected chi connectivity index (χ3v) is 2.38. The van der Waals surface area contributed by atoms with E-state index in [9.17, 15) is 4.79 Å². The van der Waals surface area contributed by atoms with Gasteiger partial charge in [-0.15, -0.1) is 0 Å². The van der Waals surface area contributed by atoms with Gasteiger partial charge in [0.15, 0.2) is 6.29 Å². The van der Waals surface area contributed by atoms with Crippen LogP contribution in [-0.2, 0) is 0 Å². The Hall–Kier alpha value is -1.90. The molecule has 1 aromatic carbocycles. The summed E-state index contributed by atoms with van der Waals surface area (Å²) in [6.45, 7) is 1.82. The maximum atomic E-state index is 10.7. The quantitative estimate of drug-likeness (QED) is 0.700. The Balaban J connectivity index is 2.70. The maximum Gasteiger partial charge on any atom is 0.151 e. The van der Waals surface area contributed by atoms with Gasteiger partial charge < -0.3 is 4.74 Å². The number of rotatable bonds is 2. The van der Waals surface area contributed by atoms with Crippen molar-refractivity contribution in [3.05, 3.63) is 35.5 Å². The predicted octanol–water partition coefficient (Wildman–Crippen LogP) is 2.36. The van der Waals surface area contributed by atoms with Crippen LogP contribution < -0.4 is 4.74 Å². The van der Waals surface area contributed by atoms with E-state index in [2.05, 4.69) is 4.98 Å². The van der Waals surface area contributed by atoms with E-state index in [4.69, 9.17) is 4.74 Å². The lowest BCUT2D eigenvalue weighted by atomic mass is 10.1. The fraction of sp³-hybridized carbons (Fsp3) is 0.167. The summed E-state index contributed by atoms with van der Waals surface area (Å²) >= 11 is 0. The smallest absolute Gasteiger partial charge is 0.151 e. The number of aryl methyl sites for hydroxylation is 1. The molecule has 0 saturated heterocycles. The molecule has 2 rings (SSSR count). The highest BCUT2D eigenvalue weighted by atomic mass is 16.5. The van der Waals surface area contributed by atoms with Crippen LogP contribution in [0.5, 0.6) is 5.75 Å². The monoisotopic (exact) mass is 201 g/mol. The van der Waals surface area contributed by atoms with Crippen molar-refractivity contribution in [1.82, 2.24) is 4.98 Å². The molecule has 0 N–H and O–H groups in total. The molecule has 1 aromatic heterocycles. The second-order valence-electron chi connectivity index (χ2n) is 3.34. The van der Waals surface area contributed by atoms with E-state index in [-0.39, 0.29) is 0 Å². The standard InChI is InChI=1S/C12H11NO2/c1-8-10(7-14)5-9-3-4-11(15-2)6-12(9)13-8/h3-7H,1-2H3. The number of aldehydes is 1. The number of hydrogen-bond donors (Lipinski definition) is 0. The molecule has 15 heavy (non-hydrogen) atoms. The largest absolute Gasteiger partial charge is 0.497 e. The van der Waals surface area contributed by atoms with Crippen LogP contribution in [0.15, 0.2) is 24.3 Å². The molecular formula is C12H11NO2. The number of aromatic nitrogens is 1. The molecule has 3 nitrogen and oxygen atoms in total. The Morgan fingerprint density at radius 1 is 1.33 bits per heavy atom. The minimum atomic E-state index is 0.632. The molecule has 3 heteroatoms. The molecule has 76 valence electrons. The van der Waals surface area contributed by atoms with E-state index in [0.717, 1.165) is 28.6 Å². The summed E-state index contributed by atoms with van der Waals surface area (Å²) in [6, 6.07) is 7.45. The first-order chi connectivity index (χ1) is 7.24. The van der Waals surface area contributed by atoms with Crippen molar-refractivity contribution in [1.29, 1.82) is 0 Å². The van der Waals surface area contributed by atoms with Crippen LogP contribution >= 0.6 is 0 Å². The molecular weight excluding hydrogens is 190 g/mol. The zero-order valence-corrected chi connectivity index (χ0v) is 8.65. The average Bonchev–Trinajstić information content (AvgIpc) is 2.27. The number of ether oxygens (including phenoxy) is 1. The molecule has 0 aliphatic heterocycles. The third-order valence-electron chi connectivity index (χ3n) is 2.38. The van der Waals surface area contributed by atoms with Gasteiger partial charge in [0, 0.05) is 22.7 Å². The molecule has 0 unspecified atom stereocenters. The highest BCUT2D eigenvalue weighted by molar-refractivity contribution is 5.87. The second kappa shape index (κ2) is 3.69. The van der Waals surface area contributed by atoms with Gasteiger partial charge in [0.25, 0.3) is 0 Å². The van der Waals surface area contributed by atoms with Gasteiger partial charge in [-0.25, -0.2) is 0 Å². The van der Waals surface area contributed by atoms with Crippen molar-refractivity contribution in [2.24, 2.45) is 0 Å². The molecule has 1 heterocycles. The zero-order chi connectivity index (χ0) is 10.8. The van der Waals surface area contributed by atoms with Crippen molar-refractivity contribution in [3.63, 3.8) is 0 Å². The van der Waals surface area contributed by atoms with Crippen LogP contribution in [-0.4, -0.2) is 18.4 Å². The van der Waals surface area contributed by atoms with E-state index in [1.54, 1.807) is 7.11 Å². The first-order valence-electron chi connectivity index (χ1n) is 4.65. The maximum absolute atomic E-state index is 10.7. The molecule has 0 saturated carbocycles. The number of fused-ring (bicyclic) bond motifs is 1. The number of carbonyl (C=O) groups excluding carboxylic acids is 1. The van der Waals surface area contributed by atoms with Gasteiger partial charge in [-0.1, -0.05) is 0 Å². The summed E-state index contributed by atoms with van der Waals surface area (Å²) < 4.78 is 5.11. The van der Waals surface area contributed by atoms with Crippen molar-refractivity contribution in [3.8, 4) is 5.75 Å². The number of carbonyl (C=O) groups is 1. The number of benzene rings is 1. The van der Waals surface area contributed by atoms with Gasteiger partial charge >= 0.3 is 0 Å². The minimum absolute atomic E-state index is 0.632. The first-order valence-corrected chi connectivity index (χ1v) is 4.65. The molecule has 0 spiro atoms. The lowest BCUT2D eigenvalue weighted by Gasteiger charge is -2.04. The normalized spacial score (nSPS) is 10.3. The van der Waals surface area contributed by atoms with Gasteiger partial charge in [-0.3, -0.25) is 9.78 Å². The van der Waals surface area contributed by atoms with Crippen LogP contribution in [0.4, 0.5) is 0 Å². The SMILES string of the molecule is COc1ccc2cc(C=O)c(C)nc2c1. The van der Waals surface area contributed by atoms with Crippen LogP contribution in [0, 0.1) is 6.92 Å². The summed E-state index contributed by atoms with van der Waals surface area (Å²) in [5, 5.41) is 0.948. The topological polar surface area (TPSA) is 39.2 Å². The highest BCUT2D eigenvalue weighted by Gasteiger charge is 2.03. The molecule has 0 radical (unpaired) electrons. The number of pyridine rings is 1. The summed E-state index contributed by atoms with van der Waals surface area (Å²) in [5.74, 6) is 0.772. The lowest BCUT2D eigenvalue weighted by Crippen LogP contribution is -1.92. The summed E-state index contributed by atoms with van der Waals surface area (Å²) in [6.07, 6.45) is 0.825. The van der Waals surface area contributed by atoms with Crippen molar-refractivity contribution in [2.45, 2.75) is 6.92 Å².